The standard InChI is InChI=1S/C16H25NO3/c1-3-4-6-13-7-9-14(10-8-13)20-12-5-11-16(2,17)15(18)19/h7-10H,3-6,11-12,17H2,1-2H3,(H,18,19). The van der Waals surface area contributed by atoms with Crippen molar-refractivity contribution in [2.45, 2.75) is 51.5 Å². The maximum Gasteiger partial charge on any atom is 0.323 e. The summed E-state index contributed by atoms with van der Waals surface area (Å²) >= 11 is 0. The number of carbonyl (C=O) groups is 1. The highest BCUT2D eigenvalue weighted by atomic mass is 16.5. The molecule has 0 radical (unpaired) electrons. The van der Waals surface area contributed by atoms with E-state index in [0.29, 0.717) is 19.4 Å². The smallest absolute Gasteiger partial charge is 0.323 e. The Labute approximate surface area is 120 Å². The SMILES string of the molecule is CCCCc1ccc(OCCCC(C)(N)C(=O)O)cc1. The Morgan fingerprint density at radius 1 is 1.30 bits per heavy atom. The molecule has 0 saturated carbocycles. The number of hydrogen-bond donors (Lipinski definition) is 2. The summed E-state index contributed by atoms with van der Waals surface area (Å²) < 4.78 is 5.59. The Bertz CT molecular complexity index is 412. The molecule has 0 spiro atoms. The maximum absolute atomic E-state index is 10.8. The van der Waals surface area contributed by atoms with Gasteiger partial charge in [-0.2, -0.15) is 0 Å². The molecule has 0 aliphatic heterocycles. The summed E-state index contributed by atoms with van der Waals surface area (Å²) in [5, 5.41) is 8.89. The summed E-state index contributed by atoms with van der Waals surface area (Å²) in [6, 6.07) is 8.08. The second-order valence-corrected chi connectivity index (χ2v) is 5.42. The van der Waals surface area contributed by atoms with E-state index in [2.05, 4.69) is 19.1 Å². The summed E-state index contributed by atoms with van der Waals surface area (Å²) in [5.74, 6) is -0.155. The zero-order valence-corrected chi connectivity index (χ0v) is 12.4. The molecule has 4 heteroatoms. The van der Waals surface area contributed by atoms with Crippen molar-refractivity contribution in [2.24, 2.45) is 5.73 Å². The molecule has 20 heavy (non-hydrogen) atoms. The fraction of sp³-hybridized carbons (Fsp3) is 0.562. The van der Waals surface area contributed by atoms with Gasteiger partial charge in [0.2, 0.25) is 0 Å². The van der Waals surface area contributed by atoms with Gasteiger partial charge in [0.05, 0.1) is 6.61 Å². The molecule has 3 N–H and O–H groups in total. The van der Waals surface area contributed by atoms with Gasteiger partial charge in [-0.1, -0.05) is 25.5 Å². The van der Waals surface area contributed by atoms with Gasteiger partial charge in [-0.3, -0.25) is 4.79 Å². The monoisotopic (exact) mass is 279 g/mol. The van der Waals surface area contributed by atoms with Gasteiger partial charge in [-0.05, 0) is 50.3 Å². The Kier molecular flexibility index (Phi) is 6.52. The number of nitrogens with two attached hydrogens (primary N) is 1. The minimum absolute atomic E-state index is 0.400. The highest BCUT2D eigenvalue weighted by molar-refractivity contribution is 5.77. The largest absolute Gasteiger partial charge is 0.494 e. The third-order valence-electron chi connectivity index (χ3n) is 3.34. The van der Waals surface area contributed by atoms with E-state index in [1.54, 1.807) is 0 Å². The summed E-state index contributed by atoms with van der Waals surface area (Å²) in [7, 11) is 0. The molecule has 0 heterocycles. The maximum atomic E-state index is 10.8. The lowest BCUT2D eigenvalue weighted by Crippen LogP contribution is -2.44. The van der Waals surface area contributed by atoms with Crippen LogP contribution in [0.25, 0.3) is 0 Å². The average Bonchev–Trinajstić information content (AvgIpc) is 2.42. The summed E-state index contributed by atoms with van der Waals surface area (Å²) in [5.41, 5.74) is 5.80. The van der Waals surface area contributed by atoms with Crippen molar-refractivity contribution in [2.75, 3.05) is 6.61 Å². The van der Waals surface area contributed by atoms with Crippen molar-refractivity contribution < 1.29 is 14.6 Å². The second kappa shape index (κ2) is 7.90. The molecule has 4 nitrogen and oxygen atoms in total. The van der Waals surface area contributed by atoms with Crippen molar-refractivity contribution >= 4 is 5.97 Å². The molecular weight excluding hydrogens is 254 g/mol. The first kappa shape index (κ1) is 16.5. The second-order valence-electron chi connectivity index (χ2n) is 5.42. The lowest BCUT2D eigenvalue weighted by molar-refractivity contribution is -0.142. The Balaban J connectivity index is 2.30. The number of benzene rings is 1. The van der Waals surface area contributed by atoms with Crippen LogP contribution in [0.5, 0.6) is 5.75 Å². The van der Waals surface area contributed by atoms with E-state index in [-0.39, 0.29) is 0 Å². The van der Waals surface area contributed by atoms with Gasteiger partial charge in [0.15, 0.2) is 0 Å². The molecule has 0 aromatic heterocycles. The molecule has 0 amide bonds. The molecule has 0 aliphatic rings. The van der Waals surface area contributed by atoms with E-state index in [1.807, 2.05) is 12.1 Å². The van der Waals surface area contributed by atoms with Crippen LogP contribution in [-0.2, 0) is 11.2 Å². The predicted octanol–water partition coefficient (Wildman–Crippen LogP) is 2.99. The molecule has 0 bridgehead atoms. The van der Waals surface area contributed by atoms with Crippen LogP contribution in [0, 0.1) is 0 Å². The molecule has 1 aromatic rings. The Morgan fingerprint density at radius 3 is 2.50 bits per heavy atom. The van der Waals surface area contributed by atoms with E-state index in [9.17, 15) is 4.79 Å². The summed E-state index contributed by atoms with van der Waals surface area (Å²) in [6.45, 7) is 4.19. The van der Waals surface area contributed by atoms with Gasteiger partial charge < -0.3 is 15.6 Å². The zero-order valence-electron chi connectivity index (χ0n) is 12.4. The average molecular weight is 279 g/mol. The minimum Gasteiger partial charge on any atom is -0.494 e. The topological polar surface area (TPSA) is 72.5 Å². The molecular formula is C16H25NO3. The molecule has 0 fully saturated rings. The number of aliphatic carboxylic acids is 1. The van der Waals surface area contributed by atoms with E-state index >= 15 is 0 Å². The molecule has 0 saturated heterocycles. The number of unbranched alkanes of at least 4 members (excludes halogenated alkanes) is 1. The van der Waals surface area contributed by atoms with E-state index in [1.165, 1.54) is 25.3 Å². The number of ether oxygens (including phenoxy) is 1. The van der Waals surface area contributed by atoms with Gasteiger partial charge >= 0.3 is 5.97 Å². The first-order valence-corrected chi connectivity index (χ1v) is 7.19. The van der Waals surface area contributed by atoms with Gasteiger partial charge in [0, 0.05) is 0 Å². The molecule has 1 atom stereocenters. The highest BCUT2D eigenvalue weighted by Gasteiger charge is 2.26. The van der Waals surface area contributed by atoms with Gasteiger partial charge in [0.25, 0.3) is 0 Å². The van der Waals surface area contributed by atoms with E-state index < -0.39 is 11.5 Å². The highest BCUT2D eigenvalue weighted by Crippen LogP contribution is 2.15. The third-order valence-corrected chi connectivity index (χ3v) is 3.34. The number of carboxylic acids is 1. The fourth-order valence-corrected chi connectivity index (χ4v) is 1.87. The Morgan fingerprint density at radius 2 is 1.95 bits per heavy atom. The van der Waals surface area contributed by atoms with Crippen LogP contribution >= 0.6 is 0 Å². The number of hydrogen-bond acceptors (Lipinski definition) is 3. The van der Waals surface area contributed by atoms with Crippen LogP contribution in [0.15, 0.2) is 24.3 Å². The van der Waals surface area contributed by atoms with Gasteiger partial charge in [-0.25, -0.2) is 0 Å². The molecule has 1 aromatic carbocycles. The molecule has 112 valence electrons. The van der Waals surface area contributed by atoms with Crippen LogP contribution in [0.1, 0.15) is 45.1 Å². The molecule has 0 aliphatic carbocycles. The van der Waals surface area contributed by atoms with Crippen LogP contribution in [0.4, 0.5) is 0 Å². The first-order chi connectivity index (χ1) is 9.45. The molecule has 1 unspecified atom stereocenters. The third kappa shape index (κ3) is 5.61. The lowest BCUT2D eigenvalue weighted by atomic mass is 9.98. The van der Waals surface area contributed by atoms with Crippen LogP contribution < -0.4 is 10.5 Å². The summed E-state index contributed by atoms with van der Waals surface area (Å²) in [6.07, 6.45) is 4.51. The zero-order chi connectivity index (χ0) is 15.0. The van der Waals surface area contributed by atoms with Gasteiger partial charge in [0.1, 0.15) is 11.3 Å². The van der Waals surface area contributed by atoms with E-state index in [4.69, 9.17) is 15.6 Å². The predicted molar refractivity (Wildman–Crippen MR) is 80.0 cm³/mol. The Hall–Kier alpha value is -1.55. The normalized spacial score (nSPS) is 13.8. The number of carboxylic acid groups (broad SMARTS) is 1. The minimum atomic E-state index is -1.17. The van der Waals surface area contributed by atoms with Crippen molar-refractivity contribution in [3.05, 3.63) is 29.8 Å². The van der Waals surface area contributed by atoms with Crippen LogP contribution in [-0.4, -0.2) is 23.2 Å². The van der Waals surface area contributed by atoms with E-state index in [0.717, 1.165) is 12.2 Å². The van der Waals surface area contributed by atoms with Crippen molar-refractivity contribution in [1.82, 2.24) is 0 Å². The lowest BCUT2D eigenvalue weighted by Gasteiger charge is -2.18. The van der Waals surface area contributed by atoms with Crippen molar-refractivity contribution in [3.8, 4) is 5.75 Å². The first-order valence-electron chi connectivity index (χ1n) is 7.19. The fourth-order valence-electron chi connectivity index (χ4n) is 1.87. The number of rotatable bonds is 9. The van der Waals surface area contributed by atoms with Crippen molar-refractivity contribution in [1.29, 1.82) is 0 Å². The summed E-state index contributed by atoms with van der Waals surface area (Å²) in [4.78, 5) is 10.8. The quantitative estimate of drug-likeness (QED) is 0.682. The van der Waals surface area contributed by atoms with Crippen LogP contribution in [0.3, 0.4) is 0 Å². The van der Waals surface area contributed by atoms with Crippen molar-refractivity contribution in [3.63, 3.8) is 0 Å². The molecule has 1 rings (SSSR count). The van der Waals surface area contributed by atoms with Crippen LogP contribution in [0.2, 0.25) is 0 Å². The van der Waals surface area contributed by atoms with Gasteiger partial charge in [-0.15, -0.1) is 0 Å². The number of aryl methyl sites for hydroxylation is 1.